The standard InChI is InChI=1S/C17H16/c1-12(2)15-10-9-14-8-7-13-5-3-4-6-16(13)17(14)11-15/h3-6,9-11H,1,7-8H2,2H3. The third-order valence-corrected chi connectivity index (χ3v) is 3.57. The monoisotopic (exact) mass is 220 g/mol. The summed E-state index contributed by atoms with van der Waals surface area (Å²) >= 11 is 0. The van der Waals surface area contributed by atoms with Gasteiger partial charge in [0.15, 0.2) is 0 Å². The van der Waals surface area contributed by atoms with Crippen molar-refractivity contribution >= 4 is 5.57 Å². The van der Waals surface area contributed by atoms with Crippen LogP contribution in [0.25, 0.3) is 16.7 Å². The van der Waals surface area contributed by atoms with Crippen LogP contribution < -0.4 is 0 Å². The fourth-order valence-electron chi connectivity index (χ4n) is 2.58. The van der Waals surface area contributed by atoms with Crippen LogP contribution in [-0.2, 0) is 12.8 Å². The lowest BCUT2D eigenvalue weighted by atomic mass is 9.84. The summed E-state index contributed by atoms with van der Waals surface area (Å²) in [4.78, 5) is 0. The fourth-order valence-corrected chi connectivity index (χ4v) is 2.58. The molecule has 0 aromatic heterocycles. The van der Waals surface area contributed by atoms with E-state index in [-0.39, 0.29) is 0 Å². The zero-order valence-corrected chi connectivity index (χ0v) is 10.2. The average Bonchev–Trinajstić information content (AvgIpc) is 2.38. The molecule has 0 spiro atoms. The summed E-state index contributed by atoms with van der Waals surface area (Å²) in [6.07, 6.45) is 2.32. The number of hydrogen-bond acceptors (Lipinski definition) is 0. The van der Waals surface area contributed by atoms with Crippen LogP contribution in [0.15, 0.2) is 49.0 Å². The zero-order valence-electron chi connectivity index (χ0n) is 10.2. The molecule has 3 rings (SSSR count). The van der Waals surface area contributed by atoms with Crippen molar-refractivity contribution in [1.29, 1.82) is 0 Å². The molecule has 0 aliphatic heterocycles. The van der Waals surface area contributed by atoms with Gasteiger partial charge in [0.25, 0.3) is 0 Å². The van der Waals surface area contributed by atoms with Crippen LogP contribution in [0.1, 0.15) is 23.6 Å². The molecule has 0 fully saturated rings. The first-order valence-corrected chi connectivity index (χ1v) is 6.13. The molecule has 0 bridgehead atoms. The van der Waals surface area contributed by atoms with Crippen molar-refractivity contribution in [2.75, 3.05) is 0 Å². The summed E-state index contributed by atoms with van der Waals surface area (Å²) < 4.78 is 0. The molecular formula is C17H16. The Kier molecular flexibility index (Phi) is 2.36. The Morgan fingerprint density at radius 2 is 1.65 bits per heavy atom. The predicted octanol–water partition coefficient (Wildman–Crippen LogP) is 4.49. The maximum Gasteiger partial charge on any atom is -0.0143 e. The van der Waals surface area contributed by atoms with Crippen LogP contribution in [0.2, 0.25) is 0 Å². The van der Waals surface area contributed by atoms with Crippen molar-refractivity contribution in [3.8, 4) is 11.1 Å². The van der Waals surface area contributed by atoms with Crippen LogP contribution >= 0.6 is 0 Å². The predicted molar refractivity (Wildman–Crippen MR) is 74.0 cm³/mol. The minimum absolute atomic E-state index is 1.14. The Balaban J connectivity index is 2.22. The number of benzene rings is 2. The highest BCUT2D eigenvalue weighted by molar-refractivity contribution is 5.77. The average molecular weight is 220 g/mol. The minimum Gasteiger partial charge on any atom is -0.0955 e. The van der Waals surface area contributed by atoms with Crippen LogP contribution in [0, 0.1) is 0 Å². The summed E-state index contributed by atoms with van der Waals surface area (Å²) in [7, 11) is 0. The van der Waals surface area contributed by atoms with Gasteiger partial charge in [-0.3, -0.25) is 0 Å². The van der Waals surface area contributed by atoms with Gasteiger partial charge < -0.3 is 0 Å². The Hall–Kier alpha value is -1.82. The van der Waals surface area contributed by atoms with E-state index in [1.54, 1.807) is 0 Å². The minimum atomic E-state index is 1.14. The van der Waals surface area contributed by atoms with Gasteiger partial charge in [0, 0.05) is 0 Å². The van der Waals surface area contributed by atoms with Gasteiger partial charge in [-0.25, -0.2) is 0 Å². The second-order valence-corrected chi connectivity index (χ2v) is 4.81. The van der Waals surface area contributed by atoms with Crippen molar-refractivity contribution in [3.63, 3.8) is 0 Å². The Labute approximate surface area is 103 Å². The van der Waals surface area contributed by atoms with Crippen LogP contribution in [0.3, 0.4) is 0 Å². The van der Waals surface area contributed by atoms with Crippen LogP contribution in [0.4, 0.5) is 0 Å². The van der Waals surface area contributed by atoms with Gasteiger partial charge in [-0.05, 0) is 53.6 Å². The molecule has 2 aromatic carbocycles. The highest BCUT2D eigenvalue weighted by atomic mass is 14.2. The van der Waals surface area contributed by atoms with Crippen LogP contribution in [-0.4, -0.2) is 0 Å². The quantitative estimate of drug-likeness (QED) is 0.664. The third kappa shape index (κ3) is 1.70. The summed E-state index contributed by atoms with van der Waals surface area (Å²) in [6.45, 7) is 6.10. The molecule has 0 saturated heterocycles. The van der Waals surface area contributed by atoms with Gasteiger partial charge in [-0.1, -0.05) is 48.6 Å². The van der Waals surface area contributed by atoms with Gasteiger partial charge in [0.2, 0.25) is 0 Å². The van der Waals surface area contributed by atoms with Gasteiger partial charge in [-0.15, -0.1) is 0 Å². The Morgan fingerprint density at radius 1 is 0.941 bits per heavy atom. The van der Waals surface area contributed by atoms with E-state index in [0.29, 0.717) is 0 Å². The first-order chi connectivity index (χ1) is 8.25. The maximum atomic E-state index is 4.03. The first-order valence-electron chi connectivity index (χ1n) is 6.13. The number of fused-ring (bicyclic) bond motifs is 3. The molecule has 0 atom stereocenters. The molecule has 0 heterocycles. The lowest BCUT2D eigenvalue weighted by Crippen LogP contribution is -2.03. The van der Waals surface area contributed by atoms with E-state index in [9.17, 15) is 0 Å². The highest BCUT2D eigenvalue weighted by Crippen LogP contribution is 2.34. The van der Waals surface area contributed by atoms with Gasteiger partial charge in [-0.2, -0.15) is 0 Å². The van der Waals surface area contributed by atoms with E-state index < -0.39 is 0 Å². The number of rotatable bonds is 1. The molecule has 1 aliphatic carbocycles. The smallest absolute Gasteiger partial charge is 0.0143 e. The number of allylic oxidation sites excluding steroid dienone is 1. The summed E-state index contributed by atoms with van der Waals surface area (Å²) in [5, 5.41) is 0. The van der Waals surface area contributed by atoms with E-state index in [4.69, 9.17) is 0 Å². The van der Waals surface area contributed by atoms with Gasteiger partial charge >= 0.3 is 0 Å². The molecular weight excluding hydrogens is 204 g/mol. The van der Waals surface area contributed by atoms with Crippen molar-refractivity contribution < 1.29 is 0 Å². The molecule has 17 heavy (non-hydrogen) atoms. The topological polar surface area (TPSA) is 0 Å². The summed E-state index contributed by atoms with van der Waals surface area (Å²) in [6, 6.07) is 15.5. The molecule has 2 aromatic rings. The van der Waals surface area contributed by atoms with Crippen LogP contribution in [0.5, 0.6) is 0 Å². The van der Waals surface area contributed by atoms with E-state index in [1.807, 2.05) is 0 Å². The fraction of sp³-hybridized carbons (Fsp3) is 0.176. The van der Waals surface area contributed by atoms with Crippen molar-refractivity contribution in [3.05, 3.63) is 65.7 Å². The van der Waals surface area contributed by atoms with E-state index in [2.05, 4.69) is 56.0 Å². The van der Waals surface area contributed by atoms with Crippen molar-refractivity contribution in [2.45, 2.75) is 19.8 Å². The molecule has 84 valence electrons. The maximum absolute atomic E-state index is 4.03. The summed E-state index contributed by atoms with van der Waals surface area (Å²) in [5.41, 5.74) is 8.12. The largest absolute Gasteiger partial charge is 0.0955 e. The molecule has 1 aliphatic rings. The molecule has 0 unspecified atom stereocenters. The van der Waals surface area contributed by atoms with Crippen molar-refractivity contribution in [2.24, 2.45) is 0 Å². The van der Waals surface area contributed by atoms with Crippen molar-refractivity contribution in [1.82, 2.24) is 0 Å². The second-order valence-electron chi connectivity index (χ2n) is 4.81. The number of hydrogen-bond donors (Lipinski definition) is 0. The molecule has 0 radical (unpaired) electrons. The van der Waals surface area contributed by atoms with E-state index in [1.165, 1.54) is 27.8 Å². The number of aryl methyl sites for hydroxylation is 2. The van der Waals surface area contributed by atoms with Gasteiger partial charge in [0.05, 0.1) is 0 Å². The van der Waals surface area contributed by atoms with Gasteiger partial charge in [0.1, 0.15) is 0 Å². The Bertz CT molecular complexity index is 591. The molecule has 0 N–H and O–H groups in total. The lowest BCUT2D eigenvalue weighted by Gasteiger charge is -2.20. The SMILES string of the molecule is C=C(C)c1ccc2c(c1)-c1ccccc1CC2. The van der Waals surface area contributed by atoms with E-state index in [0.717, 1.165) is 18.4 Å². The molecule has 0 nitrogen and oxygen atoms in total. The molecule has 0 saturated carbocycles. The second kappa shape index (κ2) is 3.89. The van der Waals surface area contributed by atoms with E-state index >= 15 is 0 Å². The summed E-state index contributed by atoms with van der Waals surface area (Å²) in [5.74, 6) is 0. The zero-order chi connectivity index (χ0) is 11.8. The third-order valence-electron chi connectivity index (χ3n) is 3.57. The Morgan fingerprint density at radius 3 is 2.41 bits per heavy atom. The normalized spacial score (nSPS) is 12.8. The molecule has 0 amide bonds. The molecule has 0 heteroatoms. The lowest BCUT2D eigenvalue weighted by molar-refractivity contribution is 0.941. The highest BCUT2D eigenvalue weighted by Gasteiger charge is 2.15. The first kappa shape index (κ1) is 10.3.